The Hall–Kier alpha value is -2.24. The lowest BCUT2D eigenvalue weighted by molar-refractivity contribution is 0.0697. The number of carboxylic acid groups (broad SMARTS) is 1. The van der Waals surface area contributed by atoms with Gasteiger partial charge in [0, 0.05) is 13.1 Å². The Morgan fingerprint density at radius 3 is 2.38 bits per heavy atom. The molecule has 0 saturated carbocycles. The van der Waals surface area contributed by atoms with Gasteiger partial charge in [0.2, 0.25) is 0 Å². The van der Waals surface area contributed by atoms with Crippen LogP contribution in [-0.4, -0.2) is 42.2 Å². The van der Waals surface area contributed by atoms with Crippen molar-refractivity contribution in [2.45, 2.75) is 26.8 Å². The fourth-order valence-corrected chi connectivity index (χ4v) is 1.77. The minimum Gasteiger partial charge on any atom is -0.497 e. The number of hydrogen-bond acceptors (Lipinski definition) is 3. The molecule has 0 aliphatic carbocycles. The number of nitrogens with one attached hydrogen (secondary N) is 1. The summed E-state index contributed by atoms with van der Waals surface area (Å²) in [5, 5.41) is 11.8. The van der Waals surface area contributed by atoms with E-state index < -0.39 is 5.97 Å². The first kappa shape index (κ1) is 16.8. The number of amides is 2. The van der Waals surface area contributed by atoms with E-state index in [4.69, 9.17) is 4.74 Å². The summed E-state index contributed by atoms with van der Waals surface area (Å²) in [6, 6.07) is 4.20. The van der Waals surface area contributed by atoms with Crippen molar-refractivity contribution in [1.29, 1.82) is 0 Å². The van der Waals surface area contributed by atoms with E-state index in [0.717, 1.165) is 0 Å². The fraction of sp³-hybridized carbons (Fsp3) is 0.467. The summed E-state index contributed by atoms with van der Waals surface area (Å²) in [5.74, 6) is -0.395. The van der Waals surface area contributed by atoms with Crippen molar-refractivity contribution in [3.8, 4) is 5.75 Å². The number of anilines is 1. The van der Waals surface area contributed by atoms with Crippen molar-refractivity contribution < 1.29 is 19.4 Å². The van der Waals surface area contributed by atoms with Crippen molar-refractivity contribution >= 4 is 17.7 Å². The van der Waals surface area contributed by atoms with E-state index in [1.807, 2.05) is 20.8 Å². The zero-order valence-electron chi connectivity index (χ0n) is 13.0. The molecule has 0 saturated heterocycles. The molecule has 116 valence electrons. The van der Waals surface area contributed by atoms with Gasteiger partial charge in [0.05, 0.1) is 18.4 Å². The maximum absolute atomic E-state index is 12.2. The third-order valence-corrected chi connectivity index (χ3v) is 3.59. The van der Waals surface area contributed by atoms with Gasteiger partial charge in [0.25, 0.3) is 0 Å². The lowest BCUT2D eigenvalue weighted by atomic mass is 10.1. The van der Waals surface area contributed by atoms with Crippen molar-refractivity contribution in [1.82, 2.24) is 4.90 Å². The van der Waals surface area contributed by atoms with E-state index >= 15 is 0 Å². The van der Waals surface area contributed by atoms with Gasteiger partial charge >= 0.3 is 12.0 Å². The van der Waals surface area contributed by atoms with E-state index in [1.165, 1.54) is 19.2 Å². The van der Waals surface area contributed by atoms with Crippen LogP contribution in [0.25, 0.3) is 0 Å². The highest BCUT2D eigenvalue weighted by atomic mass is 16.5. The number of urea groups is 1. The lowest BCUT2D eigenvalue weighted by Gasteiger charge is -2.28. The van der Waals surface area contributed by atoms with Gasteiger partial charge in [-0.05, 0) is 31.0 Å². The van der Waals surface area contributed by atoms with Gasteiger partial charge in [0.15, 0.2) is 0 Å². The van der Waals surface area contributed by atoms with E-state index in [2.05, 4.69) is 5.32 Å². The summed E-state index contributed by atoms with van der Waals surface area (Å²) in [5.41, 5.74) is 0.240. The summed E-state index contributed by atoms with van der Waals surface area (Å²) in [6.45, 7) is 5.98. The van der Waals surface area contributed by atoms with Crippen LogP contribution in [0.4, 0.5) is 10.5 Å². The molecule has 2 amide bonds. The topological polar surface area (TPSA) is 78.9 Å². The molecule has 0 radical (unpaired) electrons. The first-order chi connectivity index (χ1) is 9.77. The van der Waals surface area contributed by atoms with E-state index in [0.29, 0.717) is 11.7 Å². The maximum Gasteiger partial charge on any atom is 0.337 e. The summed E-state index contributed by atoms with van der Waals surface area (Å²) in [7, 11) is 3.14. The van der Waals surface area contributed by atoms with E-state index in [-0.39, 0.29) is 23.3 Å². The van der Waals surface area contributed by atoms with Gasteiger partial charge in [-0.1, -0.05) is 13.8 Å². The first-order valence-electron chi connectivity index (χ1n) is 6.73. The molecule has 0 fully saturated rings. The van der Waals surface area contributed by atoms with Crippen molar-refractivity contribution in [2.24, 2.45) is 5.92 Å². The Balaban J connectivity index is 2.97. The van der Waals surface area contributed by atoms with Crippen LogP contribution in [0.15, 0.2) is 18.2 Å². The SMILES string of the molecule is COc1ccc(NC(=O)N(C)C(C)C(C)C)c(C(=O)O)c1. The minimum atomic E-state index is -1.12. The van der Waals surface area contributed by atoms with E-state index in [1.54, 1.807) is 18.0 Å². The molecule has 1 atom stereocenters. The molecule has 21 heavy (non-hydrogen) atoms. The molecule has 1 rings (SSSR count). The van der Waals surface area contributed by atoms with Crippen LogP contribution in [0.5, 0.6) is 5.75 Å². The van der Waals surface area contributed by atoms with Gasteiger partial charge in [-0.2, -0.15) is 0 Å². The third kappa shape index (κ3) is 4.11. The Bertz CT molecular complexity index is 528. The van der Waals surface area contributed by atoms with Gasteiger partial charge < -0.3 is 20.1 Å². The highest BCUT2D eigenvalue weighted by Gasteiger charge is 2.20. The standard InChI is InChI=1S/C15H22N2O4/c1-9(2)10(3)17(4)15(20)16-13-7-6-11(21-5)8-12(13)14(18)19/h6-10H,1-5H3,(H,16,20)(H,18,19). The highest BCUT2D eigenvalue weighted by molar-refractivity contribution is 6.00. The summed E-state index contributed by atoms with van der Waals surface area (Å²) in [6.07, 6.45) is 0. The number of carbonyl (C=O) groups is 2. The predicted molar refractivity (Wildman–Crippen MR) is 81.0 cm³/mol. The normalized spacial score (nSPS) is 11.9. The number of carbonyl (C=O) groups excluding carboxylic acids is 1. The number of ether oxygens (including phenoxy) is 1. The van der Waals surface area contributed by atoms with Gasteiger partial charge in [-0.25, -0.2) is 9.59 Å². The van der Waals surface area contributed by atoms with Crippen LogP contribution < -0.4 is 10.1 Å². The number of aromatic carboxylic acids is 1. The molecule has 0 aromatic heterocycles. The third-order valence-electron chi connectivity index (χ3n) is 3.59. The number of benzene rings is 1. The predicted octanol–water partition coefficient (Wildman–Crippen LogP) is 2.90. The van der Waals surface area contributed by atoms with Gasteiger partial charge in [-0.15, -0.1) is 0 Å². The summed E-state index contributed by atoms with van der Waals surface area (Å²) < 4.78 is 5.00. The van der Waals surface area contributed by atoms with Crippen LogP contribution >= 0.6 is 0 Å². The molecule has 1 aromatic carbocycles. The molecular weight excluding hydrogens is 272 g/mol. The molecule has 0 bridgehead atoms. The maximum atomic E-state index is 12.2. The first-order valence-corrected chi connectivity index (χ1v) is 6.73. The smallest absolute Gasteiger partial charge is 0.337 e. The number of nitrogens with zero attached hydrogens (tertiary/aromatic N) is 1. The van der Waals surface area contributed by atoms with Crippen LogP contribution in [0.3, 0.4) is 0 Å². The molecule has 0 heterocycles. The van der Waals surface area contributed by atoms with Crippen LogP contribution in [0, 0.1) is 5.92 Å². The second kappa shape index (κ2) is 6.97. The Kier molecular flexibility index (Phi) is 5.58. The van der Waals surface area contributed by atoms with Crippen molar-refractivity contribution in [3.05, 3.63) is 23.8 Å². The lowest BCUT2D eigenvalue weighted by Crippen LogP contribution is -2.41. The number of rotatable bonds is 5. The van der Waals surface area contributed by atoms with Crippen LogP contribution in [-0.2, 0) is 0 Å². The second-order valence-corrected chi connectivity index (χ2v) is 5.24. The number of carboxylic acids is 1. The zero-order valence-corrected chi connectivity index (χ0v) is 13.0. The molecule has 1 unspecified atom stereocenters. The fourth-order valence-electron chi connectivity index (χ4n) is 1.77. The van der Waals surface area contributed by atoms with Gasteiger partial charge in [-0.3, -0.25) is 0 Å². The molecule has 0 aliphatic rings. The number of hydrogen-bond donors (Lipinski definition) is 2. The molecule has 6 nitrogen and oxygen atoms in total. The molecule has 2 N–H and O–H groups in total. The quantitative estimate of drug-likeness (QED) is 0.875. The highest BCUT2D eigenvalue weighted by Crippen LogP contribution is 2.23. The van der Waals surface area contributed by atoms with Crippen LogP contribution in [0.1, 0.15) is 31.1 Å². The monoisotopic (exact) mass is 294 g/mol. The zero-order chi connectivity index (χ0) is 16.2. The average Bonchev–Trinajstić information content (AvgIpc) is 2.45. The Labute approximate surface area is 124 Å². The molecule has 6 heteroatoms. The average molecular weight is 294 g/mol. The van der Waals surface area contributed by atoms with Crippen LogP contribution in [0.2, 0.25) is 0 Å². The van der Waals surface area contributed by atoms with Crippen molar-refractivity contribution in [2.75, 3.05) is 19.5 Å². The minimum absolute atomic E-state index is 0.00620. The summed E-state index contributed by atoms with van der Waals surface area (Å²) in [4.78, 5) is 25.0. The second-order valence-electron chi connectivity index (χ2n) is 5.24. The summed E-state index contributed by atoms with van der Waals surface area (Å²) >= 11 is 0. The number of methoxy groups -OCH3 is 1. The van der Waals surface area contributed by atoms with Crippen molar-refractivity contribution in [3.63, 3.8) is 0 Å². The van der Waals surface area contributed by atoms with Gasteiger partial charge in [0.1, 0.15) is 5.75 Å². The van der Waals surface area contributed by atoms with E-state index in [9.17, 15) is 14.7 Å². The Morgan fingerprint density at radius 2 is 1.90 bits per heavy atom. The molecule has 0 aliphatic heterocycles. The largest absolute Gasteiger partial charge is 0.497 e. The molecular formula is C15H22N2O4. The molecule has 1 aromatic rings. The Morgan fingerprint density at radius 1 is 1.29 bits per heavy atom. The molecule has 0 spiro atoms.